The fourth-order valence-corrected chi connectivity index (χ4v) is 3.76. The zero-order chi connectivity index (χ0) is 22.8. The molecule has 7 nitrogen and oxygen atoms in total. The Kier molecular flexibility index (Phi) is 5.46. The van der Waals surface area contributed by atoms with Crippen molar-refractivity contribution in [2.24, 2.45) is 0 Å². The van der Waals surface area contributed by atoms with Crippen LogP contribution in [0.25, 0.3) is 33.7 Å². The van der Waals surface area contributed by atoms with E-state index in [2.05, 4.69) is 20.4 Å². The van der Waals surface area contributed by atoms with Crippen LogP contribution in [0.2, 0.25) is 5.02 Å². The summed E-state index contributed by atoms with van der Waals surface area (Å²) in [6, 6.07) is 25.3. The topological polar surface area (TPSA) is 92.7 Å². The number of rotatable bonds is 5. The lowest BCUT2D eigenvalue weighted by Gasteiger charge is -2.08. The summed E-state index contributed by atoms with van der Waals surface area (Å²) in [6.07, 6.45) is 0. The molecule has 0 atom stereocenters. The van der Waals surface area contributed by atoms with Gasteiger partial charge >= 0.3 is 0 Å². The molecule has 33 heavy (non-hydrogen) atoms. The first kappa shape index (κ1) is 20.7. The third-order valence-corrected chi connectivity index (χ3v) is 5.45. The normalized spacial score (nSPS) is 10.9. The highest BCUT2D eigenvalue weighted by atomic mass is 35.5. The van der Waals surface area contributed by atoms with Crippen LogP contribution in [0.4, 0.5) is 5.69 Å². The van der Waals surface area contributed by atoms with Crippen molar-refractivity contribution in [1.29, 1.82) is 0 Å². The Morgan fingerprint density at radius 1 is 0.970 bits per heavy atom. The number of fused-ring (bicyclic) bond motifs is 1. The Labute approximate surface area is 193 Å². The van der Waals surface area contributed by atoms with E-state index in [-0.39, 0.29) is 18.0 Å². The lowest BCUT2D eigenvalue weighted by molar-refractivity contribution is -0.117. The van der Waals surface area contributed by atoms with Gasteiger partial charge in [0.1, 0.15) is 12.4 Å². The van der Waals surface area contributed by atoms with Gasteiger partial charge in [0.25, 0.3) is 5.56 Å². The number of carbonyl (C=O) groups is 1. The molecule has 5 rings (SSSR count). The van der Waals surface area contributed by atoms with Gasteiger partial charge in [-0.15, -0.1) is 0 Å². The fourth-order valence-electron chi connectivity index (χ4n) is 3.53. The second kappa shape index (κ2) is 8.72. The molecule has 8 heteroatoms. The van der Waals surface area contributed by atoms with E-state index >= 15 is 0 Å². The van der Waals surface area contributed by atoms with Crippen LogP contribution in [-0.4, -0.2) is 25.7 Å². The Hall–Kier alpha value is -4.23. The number of amides is 1. The van der Waals surface area contributed by atoms with Crippen LogP contribution in [0.3, 0.4) is 0 Å². The summed E-state index contributed by atoms with van der Waals surface area (Å²) in [6.45, 7) is -0.203. The molecule has 0 bridgehead atoms. The van der Waals surface area contributed by atoms with Gasteiger partial charge in [-0.05, 0) is 36.4 Å². The van der Waals surface area contributed by atoms with Crippen molar-refractivity contribution in [3.63, 3.8) is 0 Å². The molecule has 1 amide bonds. The van der Waals surface area contributed by atoms with Crippen molar-refractivity contribution >= 4 is 34.2 Å². The number of aromatic nitrogens is 4. The summed E-state index contributed by atoms with van der Waals surface area (Å²) in [5.41, 5.74) is 4.01. The molecule has 0 saturated carbocycles. The Morgan fingerprint density at radius 3 is 2.58 bits per heavy atom. The minimum Gasteiger partial charge on any atom is -0.338 e. The predicted molar refractivity (Wildman–Crippen MR) is 129 cm³/mol. The van der Waals surface area contributed by atoms with Gasteiger partial charge in [0.2, 0.25) is 5.91 Å². The summed E-state index contributed by atoms with van der Waals surface area (Å²) in [5, 5.41) is 7.75. The molecule has 0 aliphatic heterocycles. The first-order valence-electron chi connectivity index (χ1n) is 10.2. The first-order chi connectivity index (χ1) is 16.1. The largest absolute Gasteiger partial charge is 0.338 e. The molecule has 0 unspecified atom stereocenters. The maximum absolute atomic E-state index is 12.6. The number of H-pyrrole nitrogens is 1. The van der Waals surface area contributed by atoms with Gasteiger partial charge < -0.3 is 10.3 Å². The Balaban J connectivity index is 1.35. The monoisotopic (exact) mass is 455 g/mol. The minimum absolute atomic E-state index is 0.203. The molecule has 5 aromatic rings. The number of imidazole rings is 1. The van der Waals surface area contributed by atoms with E-state index < -0.39 is 0 Å². The number of carbonyl (C=O) groups excluding carboxylic acids is 1. The number of nitrogens with zero attached hydrogens (tertiary/aromatic N) is 3. The van der Waals surface area contributed by atoms with E-state index in [9.17, 15) is 9.59 Å². The van der Waals surface area contributed by atoms with Gasteiger partial charge in [0.15, 0.2) is 0 Å². The summed E-state index contributed by atoms with van der Waals surface area (Å²) in [5.74, 6) is 0.285. The lowest BCUT2D eigenvalue weighted by atomic mass is 10.1. The highest BCUT2D eigenvalue weighted by molar-refractivity contribution is 6.33. The second-order valence-electron chi connectivity index (χ2n) is 7.43. The van der Waals surface area contributed by atoms with Crippen molar-refractivity contribution in [2.75, 3.05) is 5.32 Å². The van der Waals surface area contributed by atoms with Gasteiger partial charge in [0, 0.05) is 22.9 Å². The van der Waals surface area contributed by atoms with Crippen LogP contribution in [0.15, 0.2) is 89.7 Å². The number of hydrogen-bond donors (Lipinski definition) is 2. The predicted octanol–water partition coefficient (Wildman–Crippen LogP) is 4.75. The Morgan fingerprint density at radius 2 is 1.76 bits per heavy atom. The van der Waals surface area contributed by atoms with E-state index in [0.29, 0.717) is 22.2 Å². The molecule has 0 aliphatic carbocycles. The van der Waals surface area contributed by atoms with Gasteiger partial charge in [0.05, 0.1) is 21.7 Å². The molecule has 0 saturated heterocycles. The minimum atomic E-state index is -0.361. The molecule has 162 valence electrons. The van der Waals surface area contributed by atoms with Gasteiger partial charge in [-0.1, -0.05) is 54.1 Å². The van der Waals surface area contributed by atoms with Gasteiger partial charge in [-0.25, -0.2) is 9.67 Å². The summed E-state index contributed by atoms with van der Waals surface area (Å²) in [4.78, 5) is 32.7. The maximum Gasteiger partial charge on any atom is 0.267 e. The highest BCUT2D eigenvalue weighted by Crippen LogP contribution is 2.28. The lowest BCUT2D eigenvalue weighted by Crippen LogP contribution is -2.29. The number of anilines is 1. The molecular formula is C25H18ClN5O2. The number of halogens is 1. The smallest absolute Gasteiger partial charge is 0.267 e. The van der Waals surface area contributed by atoms with Crippen LogP contribution in [-0.2, 0) is 11.3 Å². The Bertz CT molecular complexity index is 1530. The van der Waals surface area contributed by atoms with Crippen molar-refractivity contribution in [1.82, 2.24) is 19.7 Å². The summed E-state index contributed by atoms with van der Waals surface area (Å²) < 4.78 is 1.15. The van der Waals surface area contributed by atoms with Crippen molar-refractivity contribution < 1.29 is 4.79 Å². The fraction of sp³-hybridized carbons (Fsp3) is 0.0400. The maximum atomic E-state index is 12.6. The third-order valence-electron chi connectivity index (χ3n) is 5.12. The zero-order valence-corrected chi connectivity index (χ0v) is 18.1. The molecule has 2 aromatic heterocycles. The van der Waals surface area contributed by atoms with E-state index in [4.69, 9.17) is 11.6 Å². The van der Waals surface area contributed by atoms with E-state index in [0.717, 1.165) is 26.8 Å². The number of aromatic amines is 1. The standard InChI is InChI=1S/C25H18ClN5O2/c26-19-9-5-4-8-18(19)25-28-21-11-10-17(14-22(21)29-25)27-23(32)15-31-24(33)13-12-20(30-31)16-6-2-1-3-7-16/h1-14H,15H2,(H,27,32)(H,28,29). The SMILES string of the molecule is O=C(Cn1nc(-c2ccccc2)ccc1=O)Nc1ccc2nc(-c3ccccc3Cl)[nH]c2c1. The van der Waals surface area contributed by atoms with Crippen molar-refractivity contribution in [2.45, 2.75) is 6.54 Å². The summed E-state index contributed by atoms with van der Waals surface area (Å²) in [7, 11) is 0. The van der Waals surface area contributed by atoms with Crippen molar-refractivity contribution in [3.05, 3.63) is 100 Å². The third kappa shape index (κ3) is 4.40. The van der Waals surface area contributed by atoms with Crippen LogP contribution in [0, 0.1) is 0 Å². The number of hydrogen-bond acceptors (Lipinski definition) is 4. The molecule has 3 aromatic carbocycles. The molecular weight excluding hydrogens is 438 g/mol. The van der Waals surface area contributed by atoms with E-state index in [1.165, 1.54) is 6.07 Å². The molecule has 2 heterocycles. The number of nitrogens with one attached hydrogen (secondary N) is 2. The summed E-state index contributed by atoms with van der Waals surface area (Å²) >= 11 is 6.28. The first-order valence-corrected chi connectivity index (χ1v) is 10.6. The molecule has 0 spiro atoms. The average molecular weight is 456 g/mol. The zero-order valence-electron chi connectivity index (χ0n) is 17.3. The van der Waals surface area contributed by atoms with Crippen LogP contribution < -0.4 is 10.9 Å². The van der Waals surface area contributed by atoms with Crippen LogP contribution >= 0.6 is 11.6 Å². The quantitative estimate of drug-likeness (QED) is 0.400. The van der Waals surface area contributed by atoms with E-state index in [1.54, 1.807) is 24.3 Å². The molecule has 2 N–H and O–H groups in total. The second-order valence-corrected chi connectivity index (χ2v) is 7.83. The molecule has 0 radical (unpaired) electrons. The number of benzene rings is 3. The highest BCUT2D eigenvalue weighted by Gasteiger charge is 2.11. The van der Waals surface area contributed by atoms with Crippen LogP contribution in [0.1, 0.15) is 0 Å². The van der Waals surface area contributed by atoms with Crippen LogP contribution in [0.5, 0.6) is 0 Å². The van der Waals surface area contributed by atoms with Crippen molar-refractivity contribution in [3.8, 4) is 22.6 Å². The average Bonchev–Trinajstić information content (AvgIpc) is 3.24. The molecule has 0 aliphatic rings. The molecule has 0 fully saturated rings. The van der Waals surface area contributed by atoms with E-state index in [1.807, 2.05) is 54.6 Å². The van der Waals surface area contributed by atoms with Gasteiger partial charge in [-0.3, -0.25) is 9.59 Å². The van der Waals surface area contributed by atoms with Gasteiger partial charge in [-0.2, -0.15) is 5.10 Å².